The minimum Gasteiger partial charge on any atom is -0.353 e. The van der Waals surface area contributed by atoms with E-state index >= 15 is 0 Å². The molecule has 0 bridgehead atoms. The fourth-order valence-electron chi connectivity index (χ4n) is 1.95. The Morgan fingerprint density at radius 2 is 1.95 bits per heavy atom. The number of rotatable bonds is 5. The van der Waals surface area contributed by atoms with Gasteiger partial charge in [0.2, 0.25) is 0 Å². The van der Waals surface area contributed by atoms with Crippen LogP contribution in [0.15, 0.2) is 35.5 Å². The lowest BCUT2D eigenvalue weighted by Gasteiger charge is -2.11. The van der Waals surface area contributed by atoms with Crippen LogP contribution in [-0.2, 0) is 26.6 Å². The van der Waals surface area contributed by atoms with Crippen LogP contribution in [0.1, 0.15) is 22.4 Å². The Labute approximate surface area is 124 Å². The number of aromatic nitrogens is 1. The van der Waals surface area contributed by atoms with Crippen molar-refractivity contribution in [3.05, 3.63) is 45.9 Å². The van der Waals surface area contributed by atoms with E-state index in [1.165, 1.54) is 15.4 Å². The highest BCUT2D eigenvalue weighted by atomic mass is 32.1. The Bertz CT molecular complexity index is 568. The van der Waals surface area contributed by atoms with Crippen LogP contribution in [0, 0.1) is 0 Å². The van der Waals surface area contributed by atoms with E-state index in [9.17, 15) is 0 Å². The predicted octanol–water partition coefficient (Wildman–Crippen LogP) is 2.51. The first kappa shape index (κ1) is 14.7. The summed E-state index contributed by atoms with van der Waals surface area (Å²) in [6.45, 7) is 3.77. The van der Waals surface area contributed by atoms with E-state index < -0.39 is 0 Å². The molecule has 2 aromatic rings. The van der Waals surface area contributed by atoms with Gasteiger partial charge in [0.15, 0.2) is 5.96 Å². The standard InChI is InChI=1S/C15H22N4S/c1-4-13-7-8-14(20-13)11-18-15(16-2)17-10-12-6-5-9-19(12)3/h5-9H,4,10-11H2,1-3H3,(H2,16,17,18). The lowest BCUT2D eigenvalue weighted by molar-refractivity contribution is 0.752. The van der Waals surface area contributed by atoms with Crippen LogP contribution in [0.2, 0.25) is 0 Å². The molecule has 4 nitrogen and oxygen atoms in total. The smallest absolute Gasteiger partial charge is 0.191 e. The molecule has 0 aliphatic rings. The zero-order valence-corrected chi connectivity index (χ0v) is 13.1. The highest BCUT2D eigenvalue weighted by molar-refractivity contribution is 7.11. The zero-order chi connectivity index (χ0) is 14.4. The maximum Gasteiger partial charge on any atom is 0.191 e. The van der Waals surface area contributed by atoms with E-state index in [0.717, 1.165) is 25.5 Å². The molecule has 0 amide bonds. The summed E-state index contributed by atoms with van der Waals surface area (Å²) in [7, 11) is 3.84. The van der Waals surface area contributed by atoms with Crippen molar-refractivity contribution in [2.45, 2.75) is 26.4 Å². The first-order chi connectivity index (χ1) is 9.72. The van der Waals surface area contributed by atoms with Crippen molar-refractivity contribution in [3.8, 4) is 0 Å². The van der Waals surface area contributed by atoms with Crippen LogP contribution in [0.5, 0.6) is 0 Å². The molecule has 0 unspecified atom stereocenters. The molecule has 0 fully saturated rings. The van der Waals surface area contributed by atoms with E-state index in [0.29, 0.717) is 0 Å². The average molecular weight is 290 g/mol. The molecule has 0 atom stereocenters. The lowest BCUT2D eigenvalue weighted by Crippen LogP contribution is -2.36. The molecular formula is C15H22N4S. The van der Waals surface area contributed by atoms with Gasteiger partial charge in [-0.05, 0) is 30.7 Å². The van der Waals surface area contributed by atoms with Crippen LogP contribution in [0.3, 0.4) is 0 Å². The molecule has 2 aromatic heterocycles. The normalized spacial score (nSPS) is 11.7. The second-order valence-electron chi connectivity index (χ2n) is 4.61. The van der Waals surface area contributed by atoms with Crippen molar-refractivity contribution in [2.75, 3.05) is 7.05 Å². The van der Waals surface area contributed by atoms with E-state index in [4.69, 9.17) is 0 Å². The summed E-state index contributed by atoms with van der Waals surface area (Å²) in [5.41, 5.74) is 1.23. The molecule has 0 saturated heterocycles. The minimum absolute atomic E-state index is 0.772. The van der Waals surface area contributed by atoms with Crippen molar-refractivity contribution in [1.82, 2.24) is 15.2 Å². The molecule has 0 saturated carbocycles. The number of aryl methyl sites for hydroxylation is 2. The van der Waals surface area contributed by atoms with Crippen LogP contribution in [0.25, 0.3) is 0 Å². The van der Waals surface area contributed by atoms with Gasteiger partial charge >= 0.3 is 0 Å². The Kier molecular flexibility index (Phi) is 5.24. The van der Waals surface area contributed by atoms with E-state index in [2.05, 4.69) is 45.3 Å². The Morgan fingerprint density at radius 1 is 1.20 bits per heavy atom. The number of aliphatic imine (C=N–C) groups is 1. The molecular weight excluding hydrogens is 268 g/mol. The fraction of sp³-hybridized carbons (Fsp3) is 0.400. The molecule has 0 aliphatic heterocycles. The SMILES string of the molecule is CCc1ccc(CNC(=NC)NCc2cccn2C)s1. The van der Waals surface area contributed by atoms with Crippen molar-refractivity contribution in [2.24, 2.45) is 12.0 Å². The highest BCUT2D eigenvalue weighted by Gasteiger charge is 2.02. The fourth-order valence-corrected chi connectivity index (χ4v) is 2.85. The van der Waals surface area contributed by atoms with E-state index in [1.807, 2.05) is 30.6 Å². The molecule has 108 valence electrons. The number of hydrogen-bond donors (Lipinski definition) is 2. The minimum atomic E-state index is 0.772. The van der Waals surface area contributed by atoms with Crippen LogP contribution < -0.4 is 10.6 Å². The predicted molar refractivity (Wildman–Crippen MR) is 86.1 cm³/mol. The van der Waals surface area contributed by atoms with Gasteiger partial charge in [0.1, 0.15) is 0 Å². The molecule has 0 radical (unpaired) electrons. The summed E-state index contributed by atoms with van der Waals surface area (Å²) in [6.07, 6.45) is 3.15. The quantitative estimate of drug-likeness (QED) is 0.656. The van der Waals surface area contributed by atoms with Gasteiger partial charge in [-0.1, -0.05) is 6.92 Å². The first-order valence-electron chi connectivity index (χ1n) is 6.85. The monoisotopic (exact) mass is 290 g/mol. The molecule has 20 heavy (non-hydrogen) atoms. The number of nitrogens with one attached hydrogen (secondary N) is 2. The maximum absolute atomic E-state index is 4.25. The largest absolute Gasteiger partial charge is 0.353 e. The lowest BCUT2D eigenvalue weighted by atomic mass is 10.3. The molecule has 2 rings (SSSR count). The van der Waals surface area contributed by atoms with Crippen molar-refractivity contribution < 1.29 is 0 Å². The number of hydrogen-bond acceptors (Lipinski definition) is 2. The molecule has 2 heterocycles. The third-order valence-corrected chi connectivity index (χ3v) is 4.44. The highest BCUT2D eigenvalue weighted by Crippen LogP contribution is 2.16. The Morgan fingerprint density at radius 3 is 2.55 bits per heavy atom. The zero-order valence-electron chi connectivity index (χ0n) is 12.3. The van der Waals surface area contributed by atoms with Gasteiger partial charge in [0.05, 0.1) is 13.1 Å². The van der Waals surface area contributed by atoms with Gasteiger partial charge < -0.3 is 15.2 Å². The summed E-state index contributed by atoms with van der Waals surface area (Å²) < 4.78 is 2.10. The van der Waals surface area contributed by atoms with Crippen LogP contribution >= 0.6 is 11.3 Å². The van der Waals surface area contributed by atoms with Gasteiger partial charge in [-0.3, -0.25) is 4.99 Å². The van der Waals surface area contributed by atoms with Gasteiger partial charge in [-0.15, -0.1) is 11.3 Å². The van der Waals surface area contributed by atoms with E-state index in [-0.39, 0.29) is 0 Å². The summed E-state index contributed by atoms with van der Waals surface area (Å²) in [4.78, 5) is 7.01. The summed E-state index contributed by atoms with van der Waals surface area (Å²) in [6, 6.07) is 8.53. The molecule has 0 aromatic carbocycles. The molecule has 0 aliphatic carbocycles. The Hall–Kier alpha value is -1.75. The van der Waals surface area contributed by atoms with Crippen LogP contribution in [0.4, 0.5) is 0 Å². The van der Waals surface area contributed by atoms with Gasteiger partial charge in [0.25, 0.3) is 0 Å². The van der Waals surface area contributed by atoms with E-state index in [1.54, 1.807) is 7.05 Å². The Balaban J connectivity index is 1.82. The third kappa shape index (κ3) is 3.87. The number of thiophene rings is 1. The van der Waals surface area contributed by atoms with Gasteiger partial charge in [-0.2, -0.15) is 0 Å². The van der Waals surface area contributed by atoms with Crippen molar-refractivity contribution in [3.63, 3.8) is 0 Å². The summed E-state index contributed by atoms with van der Waals surface area (Å²) in [5, 5.41) is 6.67. The number of guanidine groups is 1. The third-order valence-electron chi connectivity index (χ3n) is 3.21. The van der Waals surface area contributed by atoms with Gasteiger partial charge in [0, 0.05) is 35.7 Å². The van der Waals surface area contributed by atoms with Crippen molar-refractivity contribution >= 4 is 17.3 Å². The summed E-state index contributed by atoms with van der Waals surface area (Å²) >= 11 is 1.85. The maximum atomic E-state index is 4.25. The molecule has 2 N–H and O–H groups in total. The van der Waals surface area contributed by atoms with Gasteiger partial charge in [-0.25, -0.2) is 0 Å². The average Bonchev–Trinajstić information content (AvgIpc) is 3.08. The molecule has 5 heteroatoms. The van der Waals surface area contributed by atoms with Crippen LogP contribution in [-0.4, -0.2) is 17.6 Å². The second-order valence-corrected chi connectivity index (χ2v) is 5.86. The first-order valence-corrected chi connectivity index (χ1v) is 7.67. The topological polar surface area (TPSA) is 41.4 Å². The second kappa shape index (κ2) is 7.14. The summed E-state index contributed by atoms with van der Waals surface area (Å²) in [5.74, 6) is 0.831. The number of nitrogens with zero attached hydrogens (tertiary/aromatic N) is 2. The van der Waals surface area contributed by atoms with Crippen molar-refractivity contribution in [1.29, 1.82) is 0 Å². The molecule has 0 spiro atoms.